The molecule has 152 valence electrons. The molecule has 0 fully saturated rings. The van der Waals surface area contributed by atoms with E-state index in [0.29, 0.717) is 11.5 Å². The summed E-state index contributed by atoms with van der Waals surface area (Å²) in [6, 6.07) is 28.7. The lowest BCUT2D eigenvalue weighted by molar-refractivity contribution is 0.474. The van der Waals surface area contributed by atoms with Gasteiger partial charge in [-0.15, -0.1) is 0 Å². The fourth-order valence-corrected chi connectivity index (χ4v) is 2.84. The summed E-state index contributed by atoms with van der Waals surface area (Å²) in [4.78, 5) is 8.81. The monoisotopic (exact) mass is 408 g/mol. The van der Waals surface area contributed by atoms with Crippen LogP contribution in [0.5, 0.6) is 23.0 Å². The van der Waals surface area contributed by atoms with Gasteiger partial charge in [0.1, 0.15) is 23.0 Å². The summed E-state index contributed by atoms with van der Waals surface area (Å²) >= 11 is 0. The zero-order valence-corrected chi connectivity index (χ0v) is 16.6. The molecule has 4 rings (SSSR count). The second-order valence-corrected chi connectivity index (χ2v) is 6.80. The highest BCUT2D eigenvalue weighted by molar-refractivity contribution is 5.83. The largest absolute Gasteiger partial charge is 0.508 e. The lowest BCUT2D eigenvalue weighted by Gasteiger charge is -2.06. The van der Waals surface area contributed by atoms with E-state index in [1.165, 1.54) is 0 Å². The van der Waals surface area contributed by atoms with E-state index in [-0.39, 0.29) is 11.5 Å². The number of aliphatic imine (C=N–C) groups is 2. The third kappa shape index (κ3) is 5.81. The Morgan fingerprint density at radius 2 is 0.968 bits per heavy atom. The molecule has 0 aromatic heterocycles. The van der Waals surface area contributed by atoms with Gasteiger partial charge >= 0.3 is 0 Å². The van der Waals surface area contributed by atoms with Crippen LogP contribution in [-0.4, -0.2) is 22.6 Å². The maximum Gasteiger partial charge on any atom is 0.127 e. The molecule has 0 spiro atoms. The highest BCUT2D eigenvalue weighted by Gasteiger charge is 1.99. The third-order valence-electron chi connectivity index (χ3n) is 4.37. The first-order valence-electron chi connectivity index (χ1n) is 9.68. The summed E-state index contributed by atoms with van der Waals surface area (Å²) in [5.74, 6) is 1.83. The number of hydrogen-bond donors (Lipinski definition) is 2. The molecule has 2 N–H and O–H groups in total. The van der Waals surface area contributed by atoms with Crippen molar-refractivity contribution >= 4 is 23.8 Å². The molecule has 0 radical (unpaired) electrons. The molecular formula is C26H20N2O3. The number of hydrogen-bond acceptors (Lipinski definition) is 5. The van der Waals surface area contributed by atoms with Crippen molar-refractivity contribution in [3.05, 3.63) is 108 Å². The standard InChI is InChI=1S/C26H20N2O3/c29-23-5-1-3-19(15-23)17-27-21-7-11-25(12-8-21)31-26-13-9-22(10-14-26)28-18-20-4-2-6-24(30)16-20/h1-18,29-30H. The first-order valence-corrected chi connectivity index (χ1v) is 9.68. The Bertz CT molecular complexity index is 1120. The van der Waals surface area contributed by atoms with Crippen molar-refractivity contribution in [3.8, 4) is 23.0 Å². The molecule has 0 heterocycles. The molecule has 5 heteroatoms. The molecule has 0 aliphatic carbocycles. The number of benzene rings is 4. The molecule has 0 saturated carbocycles. The topological polar surface area (TPSA) is 74.4 Å². The van der Waals surface area contributed by atoms with Gasteiger partial charge in [0, 0.05) is 12.4 Å². The Balaban J connectivity index is 1.37. The molecule has 0 amide bonds. The van der Waals surface area contributed by atoms with Crippen LogP contribution in [0.25, 0.3) is 0 Å². The van der Waals surface area contributed by atoms with Crippen LogP contribution in [-0.2, 0) is 0 Å². The van der Waals surface area contributed by atoms with E-state index >= 15 is 0 Å². The summed E-state index contributed by atoms with van der Waals surface area (Å²) in [5, 5.41) is 19.0. The average Bonchev–Trinajstić information content (AvgIpc) is 2.78. The van der Waals surface area contributed by atoms with Crippen LogP contribution in [0.4, 0.5) is 11.4 Å². The second kappa shape index (κ2) is 9.41. The summed E-state index contributed by atoms with van der Waals surface area (Å²) in [5.41, 5.74) is 3.22. The molecule has 4 aromatic carbocycles. The van der Waals surface area contributed by atoms with Gasteiger partial charge in [0.05, 0.1) is 11.4 Å². The summed E-state index contributed by atoms with van der Waals surface area (Å²) in [6.07, 6.45) is 3.40. The second-order valence-electron chi connectivity index (χ2n) is 6.80. The van der Waals surface area contributed by atoms with Crippen molar-refractivity contribution in [1.82, 2.24) is 0 Å². The molecule has 0 bridgehead atoms. The SMILES string of the molecule is Oc1cccc(C=Nc2ccc(Oc3ccc(N=Cc4cccc(O)c4)cc3)cc2)c1. The van der Waals surface area contributed by atoms with Crippen LogP contribution in [0, 0.1) is 0 Å². The van der Waals surface area contributed by atoms with Gasteiger partial charge in [-0.1, -0.05) is 24.3 Å². The quantitative estimate of drug-likeness (QED) is 0.363. The van der Waals surface area contributed by atoms with Gasteiger partial charge in [-0.3, -0.25) is 9.98 Å². The summed E-state index contributed by atoms with van der Waals surface area (Å²) in [7, 11) is 0. The Kier molecular flexibility index (Phi) is 6.05. The highest BCUT2D eigenvalue weighted by atomic mass is 16.5. The van der Waals surface area contributed by atoms with Gasteiger partial charge in [0.25, 0.3) is 0 Å². The van der Waals surface area contributed by atoms with Crippen LogP contribution >= 0.6 is 0 Å². The van der Waals surface area contributed by atoms with E-state index in [0.717, 1.165) is 22.5 Å². The number of ether oxygens (including phenoxy) is 1. The van der Waals surface area contributed by atoms with Gasteiger partial charge in [0.15, 0.2) is 0 Å². The molecule has 0 aliphatic heterocycles. The molecule has 0 aliphatic rings. The first-order chi connectivity index (χ1) is 15.1. The molecule has 4 aromatic rings. The average molecular weight is 408 g/mol. The smallest absolute Gasteiger partial charge is 0.127 e. The van der Waals surface area contributed by atoms with Crippen molar-refractivity contribution in [2.75, 3.05) is 0 Å². The van der Waals surface area contributed by atoms with Crippen molar-refractivity contribution < 1.29 is 14.9 Å². The van der Waals surface area contributed by atoms with Gasteiger partial charge < -0.3 is 14.9 Å². The van der Waals surface area contributed by atoms with E-state index in [2.05, 4.69) is 9.98 Å². The van der Waals surface area contributed by atoms with Crippen LogP contribution in [0.1, 0.15) is 11.1 Å². The normalized spacial score (nSPS) is 11.2. The summed E-state index contributed by atoms with van der Waals surface area (Å²) in [6.45, 7) is 0. The number of aromatic hydroxyl groups is 2. The van der Waals surface area contributed by atoms with Crippen LogP contribution < -0.4 is 4.74 Å². The van der Waals surface area contributed by atoms with Crippen molar-refractivity contribution in [2.45, 2.75) is 0 Å². The molecule has 0 atom stereocenters. The van der Waals surface area contributed by atoms with Crippen molar-refractivity contribution in [2.24, 2.45) is 9.98 Å². The fourth-order valence-electron chi connectivity index (χ4n) is 2.84. The van der Waals surface area contributed by atoms with E-state index in [9.17, 15) is 10.2 Å². The number of rotatable bonds is 6. The summed E-state index contributed by atoms with van der Waals surface area (Å²) < 4.78 is 5.88. The van der Waals surface area contributed by atoms with E-state index in [1.807, 2.05) is 60.7 Å². The van der Waals surface area contributed by atoms with Gasteiger partial charge in [-0.2, -0.15) is 0 Å². The zero-order chi connectivity index (χ0) is 21.5. The number of nitrogens with zero attached hydrogens (tertiary/aromatic N) is 2. The Morgan fingerprint density at radius 3 is 1.35 bits per heavy atom. The fraction of sp³-hybridized carbons (Fsp3) is 0. The first kappa shape index (κ1) is 19.9. The maximum absolute atomic E-state index is 9.50. The van der Waals surface area contributed by atoms with E-state index < -0.39 is 0 Å². The predicted molar refractivity (Wildman–Crippen MR) is 124 cm³/mol. The lowest BCUT2D eigenvalue weighted by Crippen LogP contribution is -1.84. The maximum atomic E-state index is 9.50. The third-order valence-corrected chi connectivity index (χ3v) is 4.37. The lowest BCUT2D eigenvalue weighted by atomic mass is 10.2. The Hall–Kier alpha value is -4.38. The van der Waals surface area contributed by atoms with Gasteiger partial charge in [0.2, 0.25) is 0 Å². The zero-order valence-electron chi connectivity index (χ0n) is 16.6. The molecule has 31 heavy (non-hydrogen) atoms. The van der Waals surface area contributed by atoms with Gasteiger partial charge in [-0.05, 0) is 83.9 Å². The Labute approximate surface area is 180 Å². The minimum Gasteiger partial charge on any atom is -0.508 e. The number of phenolic OH excluding ortho intramolecular Hbond substituents is 2. The van der Waals surface area contributed by atoms with Crippen molar-refractivity contribution in [1.29, 1.82) is 0 Å². The van der Waals surface area contributed by atoms with Crippen LogP contribution in [0.15, 0.2) is 107 Å². The molecular weight excluding hydrogens is 388 g/mol. The van der Waals surface area contributed by atoms with Gasteiger partial charge in [-0.25, -0.2) is 0 Å². The molecule has 0 unspecified atom stereocenters. The van der Waals surface area contributed by atoms with Crippen LogP contribution in [0.3, 0.4) is 0 Å². The number of phenols is 2. The van der Waals surface area contributed by atoms with E-state index in [4.69, 9.17) is 4.74 Å². The molecule has 0 saturated heterocycles. The Morgan fingerprint density at radius 1 is 0.548 bits per heavy atom. The van der Waals surface area contributed by atoms with Crippen LogP contribution in [0.2, 0.25) is 0 Å². The minimum atomic E-state index is 0.212. The highest BCUT2D eigenvalue weighted by Crippen LogP contribution is 2.26. The molecule has 5 nitrogen and oxygen atoms in total. The van der Waals surface area contributed by atoms with E-state index in [1.54, 1.807) is 48.8 Å². The minimum absolute atomic E-state index is 0.212. The predicted octanol–water partition coefficient (Wildman–Crippen LogP) is 6.39. The van der Waals surface area contributed by atoms with Crippen molar-refractivity contribution in [3.63, 3.8) is 0 Å².